The third kappa shape index (κ3) is 8.02. The Hall–Kier alpha value is -3.97. The number of aromatic nitrogens is 1. The first-order valence-electron chi connectivity index (χ1n) is 12.3. The standard InChI is InChI=1S/C25H36N6O7/c1-4-12(2)20(30-22(34)16(26)9-14-11-28-17-8-6-5-7-15(14)17)24(36)29-18(10-19(27)33)23(35)31-21(13(3)32)25(37)38/h5-8,11-13,16,18,20-21,28,32H,4,9-10,26H2,1-3H3,(H2,27,33)(H,29,36)(H,30,34)(H,31,35)(H,37,38). The zero-order valence-corrected chi connectivity index (χ0v) is 21.6. The van der Waals surface area contributed by atoms with Crippen molar-refractivity contribution in [2.45, 2.75) is 70.3 Å². The molecule has 1 aromatic heterocycles. The van der Waals surface area contributed by atoms with Crippen LogP contribution in [0.2, 0.25) is 0 Å². The summed E-state index contributed by atoms with van der Waals surface area (Å²) in [6, 6.07) is 2.23. The van der Waals surface area contributed by atoms with Crippen LogP contribution in [0.15, 0.2) is 30.5 Å². The van der Waals surface area contributed by atoms with Gasteiger partial charge in [0.1, 0.15) is 12.1 Å². The molecule has 0 saturated heterocycles. The summed E-state index contributed by atoms with van der Waals surface area (Å²) in [5, 5.41) is 26.9. The molecule has 1 aromatic carbocycles. The van der Waals surface area contributed by atoms with E-state index in [1.165, 1.54) is 0 Å². The minimum absolute atomic E-state index is 0.202. The molecule has 13 heteroatoms. The van der Waals surface area contributed by atoms with Crippen LogP contribution in [0.25, 0.3) is 10.9 Å². The lowest BCUT2D eigenvalue weighted by molar-refractivity contribution is -0.145. The molecule has 208 valence electrons. The minimum atomic E-state index is -1.68. The van der Waals surface area contributed by atoms with Crippen LogP contribution in [0.5, 0.6) is 0 Å². The molecule has 0 aliphatic rings. The number of nitrogens with one attached hydrogen (secondary N) is 4. The Morgan fingerprint density at radius 1 is 0.974 bits per heavy atom. The maximum atomic E-state index is 13.2. The molecule has 13 nitrogen and oxygen atoms in total. The lowest BCUT2D eigenvalue weighted by Gasteiger charge is -2.28. The largest absolute Gasteiger partial charge is 0.480 e. The average molecular weight is 533 g/mol. The molecule has 0 fully saturated rings. The van der Waals surface area contributed by atoms with Crippen LogP contribution in [0, 0.1) is 5.92 Å². The molecule has 0 aliphatic heterocycles. The molecule has 0 bridgehead atoms. The van der Waals surface area contributed by atoms with E-state index in [2.05, 4.69) is 20.9 Å². The van der Waals surface area contributed by atoms with Gasteiger partial charge in [0.15, 0.2) is 6.04 Å². The van der Waals surface area contributed by atoms with Gasteiger partial charge in [0, 0.05) is 17.1 Å². The first kappa shape index (κ1) is 30.3. The summed E-state index contributed by atoms with van der Waals surface area (Å²) in [5.74, 6) is -5.23. The van der Waals surface area contributed by atoms with Gasteiger partial charge in [0.2, 0.25) is 23.6 Å². The van der Waals surface area contributed by atoms with E-state index in [1.54, 1.807) is 20.0 Å². The van der Waals surface area contributed by atoms with E-state index in [0.717, 1.165) is 23.4 Å². The number of amides is 4. The van der Waals surface area contributed by atoms with Gasteiger partial charge in [-0.2, -0.15) is 0 Å². The van der Waals surface area contributed by atoms with Gasteiger partial charge in [-0.05, 0) is 30.9 Å². The van der Waals surface area contributed by atoms with E-state index in [-0.39, 0.29) is 12.3 Å². The zero-order chi connectivity index (χ0) is 28.6. The third-order valence-electron chi connectivity index (χ3n) is 6.33. The predicted octanol–water partition coefficient (Wildman–Crippen LogP) is -1.12. The number of carboxylic acids is 1. The summed E-state index contributed by atoms with van der Waals surface area (Å²) in [5.41, 5.74) is 13.1. The SMILES string of the molecule is CCC(C)C(NC(=O)C(N)Cc1c[nH]c2ccccc12)C(=O)NC(CC(N)=O)C(=O)NC(C(=O)O)C(C)O. The predicted molar refractivity (Wildman–Crippen MR) is 138 cm³/mol. The van der Waals surface area contributed by atoms with Gasteiger partial charge in [0.05, 0.1) is 18.6 Å². The van der Waals surface area contributed by atoms with Crippen LogP contribution in [-0.2, 0) is 30.4 Å². The fourth-order valence-electron chi connectivity index (χ4n) is 3.91. The van der Waals surface area contributed by atoms with Crippen LogP contribution in [0.4, 0.5) is 0 Å². The highest BCUT2D eigenvalue weighted by atomic mass is 16.4. The third-order valence-corrected chi connectivity index (χ3v) is 6.33. The quantitative estimate of drug-likeness (QED) is 0.148. The molecule has 6 atom stereocenters. The number of aromatic amines is 1. The smallest absolute Gasteiger partial charge is 0.328 e. The maximum Gasteiger partial charge on any atom is 0.328 e. The number of nitrogens with two attached hydrogens (primary N) is 2. The van der Waals surface area contributed by atoms with Crippen LogP contribution in [0.3, 0.4) is 0 Å². The molecule has 1 heterocycles. The second kappa shape index (κ2) is 13.5. The second-order valence-corrected chi connectivity index (χ2v) is 9.34. The normalized spacial score (nSPS) is 15.9. The maximum absolute atomic E-state index is 13.2. The van der Waals surface area contributed by atoms with Gasteiger partial charge in [-0.15, -0.1) is 0 Å². The number of aliphatic hydroxyl groups is 1. The van der Waals surface area contributed by atoms with Crippen LogP contribution in [-0.4, -0.2) is 75.1 Å². The molecule has 38 heavy (non-hydrogen) atoms. The Morgan fingerprint density at radius 3 is 2.18 bits per heavy atom. The van der Waals surface area contributed by atoms with E-state index in [0.29, 0.717) is 6.42 Å². The first-order chi connectivity index (χ1) is 17.8. The molecule has 0 aliphatic carbocycles. The van der Waals surface area contributed by atoms with Crippen molar-refractivity contribution in [1.82, 2.24) is 20.9 Å². The summed E-state index contributed by atoms with van der Waals surface area (Å²) in [7, 11) is 0. The molecule has 4 amide bonds. The van der Waals surface area contributed by atoms with Crippen molar-refractivity contribution in [3.63, 3.8) is 0 Å². The Labute approximate surface area is 219 Å². The van der Waals surface area contributed by atoms with Crippen molar-refractivity contribution >= 4 is 40.5 Å². The van der Waals surface area contributed by atoms with Crippen molar-refractivity contribution in [3.8, 4) is 0 Å². The van der Waals surface area contributed by atoms with E-state index < -0.39 is 66.3 Å². The molecule has 0 saturated carbocycles. The number of para-hydroxylation sites is 1. The van der Waals surface area contributed by atoms with E-state index in [1.807, 2.05) is 24.3 Å². The van der Waals surface area contributed by atoms with Crippen molar-refractivity contribution in [3.05, 3.63) is 36.0 Å². The first-order valence-corrected chi connectivity index (χ1v) is 12.3. The molecule has 0 radical (unpaired) electrons. The number of hydrogen-bond donors (Lipinski definition) is 8. The van der Waals surface area contributed by atoms with E-state index in [4.69, 9.17) is 11.5 Å². The highest BCUT2D eigenvalue weighted by Gasteiger charge is 2.34. The minimum Gasteiger partial charge on any atom is -0.480 e. The number of rotatable bonds is 14. The number of hydrogen-bond acceptors (Lipinski definition) is 7. The van der Waals surface area contributed by atoms with Gasteiger partial charge >= 0.3 is 5.97 Å². The number of H-pyrrole nitrogens is 1. The Morgan fingerprint density at radius 2 is 1.61 bits per heavy atom. The van der Waals surface area contributed by atoms with Crippen molar-refractivity contribution in [2.24, 2.45) is 17.4 Å². The van der Waals surface area contributed by atoms with Gasteiger partial charge in [-0.3, -0.25) is 19.2 Å². The summed E-state index contributed by atoms with van der Waals surface area (Å²) in [6.07, 6.45) is 0.359. The molecule has 10 N–H and O–H groups in total. The summed E-state index contributed by atoms with van der Waals surface area (Å²) in [4.78, 5) is 64.8. The van der Waals surface area contributed by atoms with Gasteiger partial charge < -0.3 is 42.6 Å². The lowest BCUT2D eigenvalue weighted by Crippen LogP contribution is -2.60. The van der Waals surface area contributed by atoms with Gasteiger partial charge in [-0.1, -0.05) is 38.5 Å². The lowest BCUT2D eigenvalue weighted by atomic mass is 9.96. The molecule has 2 rings (SSSR count). The summed E-state index contributed by atoms with van der Waals surface area (Å²) in [6.45, 7) is 4.68. The van der Waals surface area contributed by atoms with Crippen molar-refractivity contribution in [1.29, 1.82) is 0 Å². The fraction of sp³-hybridized carbons (Fsp3) is 0.480. The van der Waals surface area contributed by atoms with E-state index in [9.17, 15) is 34.2 Å². The van der Waals surface area contributed by atoms with Gasteiger partial charge in [0.25, 0.3) is 0 Å². The number of benzene rings is 1. The van der Waals surface area contributed by atoms with Gasteiger partial charge in [-0.25, -0.2) is 4.79 Å². The summed E-state index contributed by atoms with van der Waals surface area (Å²) >= 11 is 0. The number of carboxylic acid groups (broad SMARTS) is 1. The fourth-order valence-corrected chi connectivity index (χ4v) is 3.91. The molecular weight excluding hydrogens is 496 g/mol. The zero-order valence-electron chi connectivity index (χ0n) is 21.6. The molecule has 6 unspecified atom stereocenters. The van der Waals surface area contributed by atoms with Crippen molar-refractivity contribution < 1.29 is 34.2 Å². The number of primary amides is 1. The molecule has 2 aromatic rings. The van der Waals surface area contributed by atoms with Crippen LogP contribution < -0.4 is 27.4 Å². The second-order valence-electron chi connectivity index (χ2n) is 9.34. The Bertz CT molecular complexity index is 1160. The number of carbonyl (C=O) groups is 5. The molecule has 0 spiro atoms. The number of aliphatic hydroxyl groups excluding tert-OH is 1. The van der Waals surface area contributed by atoms with Crippen LogP contribution in [0.1, 0.15) is 39.2 Å². The number of fused-ring (bicyclic) bond motifs is 1. The number of aliphatic carboxylic acids is 1. The Balaban J connectivity index is 2.16. The number of carbonyl (C=O) groups excluding carboxylic acids is 4. The van der Waals surface area contributed by atoms with E-state index >= 15 is 0 Å². The summed E-state index contributed by atoms with van der Waals surface area (Å²) < 4.78 is 0. The van der Waals surface area contributed by atoms with Crippen LogP contribution >= 0.6 is 0 Å². The van der Waals surface area contributed by atoms with Crippen molar-refractivity contribution in [2.75, 3.05) is 0 Å². The average Bonchev–Trinajstić information content (AvgIpc) is 3.26. The monoisotopic (exact) mass is 532 g/mol. The highest BCUT2D eigenvalue weighted by molar-refractivity contribution is 5.96. The Kier molecular flexibility index (Phi) is 10.8. The highest BCUT2D eigenvalue weighted by Crippen LogP contribution is 2.19. The molecular formula is C25H36N6O7. The topological polar surface area (TPSA) is 230 Å².